The van der Waals surface area contributed by atoms with Crippen molar-refractivity contribution in [3.63, 3.8) is 0 Å². The van der Waals surface area contributed by atoms with Gasteiger partial charge in [0.05, 0.1) is 11.9 Å². The molecule has 4 rings (SSSR count). The molecule has 3 heterocycles. The van der Waals surface area contributed by atoms with Crippen LogP contribution in [0.3, 0.4) is 0 Å². The Bertz CT molecular complexity index is 957. The summed E-state index contributed by atoms with van der Waals surface area (Å²) in [6, 6.07) is 8.47. The maximum atomic E-state index is 13.1. The van der Waals surface area contributed by atoms with Gasteiger partial charge in [-0.2, -0.15) is 5.10 Å². The lowest BCUT2D eigenvalue weighted by molar-refractivity contribution is 0.0687. The standard InChI is InChI=1S/C21H25N5OS/c1-3-9-25(18-7-8-22-12-18)21(27)19-14-28-20(24-19)16-11-23-26(13-16)17-6-4-5-15(2)10-17/h4-6,10-11,13-14,18,22H,3,7-9,12H2,1-2H3/t18-/m0/s1. The number of rotatable bonds is 6. The van der Waals surface area contributed by atoms with Crippen LogP contribution >= 0.6 is 11.3 Å². The quantitative estimate of drug-likeness (QED) is 0.694. The van der Waals surface area contributed by atoms with E-state index in [9.17, 15) is 4.79 Å². The molecule has 0 bridgehead atoms. The van der Waals surface area contributed by atoms with E-state index in [1.54, 1.807) is 6.20 Å². The average molecular weight is 396 g/mol. The first-order valence-electron chi connectivity index (χ1n) is 9.75. The number of aryl methyl sites for hydroxylation is 1. The highest BCUT2D eigenvalue weighted by Gasteiger charge is 2.28. The van der Waals surface area contributed by atoms with Gasteiger partial charge in [0.2, 0.25) is 0 Å². The lowest BCUT2D eigenvalue weighted by atomic mass is 10.2. The zero-order valence-electron chi connectivity index (χ0n) is 16.3. The van der Waals surface area contributed by atoms with Crippen LogP contribution < -0.4 is 5.32 Å². The first kappa shape index (κ1) is 18.8. The Hall–Kier alpha value is -2.51. The summed E-state index contributed by atoms with van der Waals surface area (Å²) in [6.07, 6.45) is 5.72. The summed E-state index contributed by atoms with van der Waals surface area (Å²) < 4.78 is 1.85. The summed E-state index contributed by atoms with van der Waals surface area (Å²) in [7, 11) is 0. The molecule has 6 nitrogen and oxygen atoms in total. The highest BCUT2D eigenvalue weighted by Crippen LogP contribution is 2.25. The summed E-state index contributed by atoms with van der Waals surface area (Å²) >= 11 is 1.49. The summed E-state index contributed by atoms with van der Waals surface area (Å²) in [6.45, 7) is 6.78. The molecule has 0 saturated carbocycles. The summed E-state index contributed by atoms with van der Waals surface area (Å²) in [4.78, 5) is 19.7. The molecular formula is C21H25N5OS. The molecule has 1 atom stereocenters. The van der Waals surface area contributed by atoms with E-state index in [-0.39, 0.29) is 11.9 Å². The number of hydrogen-bond donors (Lipinski definition) is 1. The van der Waals surface area contributed by atoms with Crippen molar-refractivity contribution in [2.75, 3.05) is 19.6 Å². The zero-order valence-corrected chi connectivity index (χ0v) is 17.1. The van der Waals surface area contributed by atoms with Gasteiger partial charge in [0, 0.05) is 36.3 Å². The SMILES string of the molecule is CCCN(C(=O)c1csc(-c2cnn(-c3cccc(C)c3)c2)n1)[C@H]1CCNC1. The van der Waals surface area contributed by atoms with Gasteiger partial charge in [-0.3, -0.25) is 4.79 Å². The van der Waals surface area contributed by atoms with Gasteiger partial charge in [-0.05, 0) is 44.0 Å². The van der Waals surface area contributed by atoms with Gasteiger partial charge in [0.1, 0.15) is 10.7 Å². The highest BCUT2D eigenvalue weighted by molar-refractivity contribution is 7.13. The number of thiazole rings is 1. The number of hydrogen-bond acceptors (Lipinski definition) is 5. The molecule has 1 amide bonds. The lowest BCUT2D eigenvalue weighted by Crippen LogP contribution is -2.42. The Morgan fingerprint density at radius 2 is 2.32 bits per heavy atom. The third-order valence-corrected chi connectivity index (χ3v) is 5.91. The first-order chi connectivity index (χ1) is 13.7. The second-order valence-electron chi connectivity index (χ2n) is 7.20. The summed E-state index contributed by atoms with van der Waals surface area (Å²) in [5.74, 6) is 0.0316. The monoisotopic (exact) mass is 395 g/mol. The molecule has 146 valence electrons. The Morgan fingerprint density at radius 1 is 1.43 bits per heavy atom. The Labute approximate surface area is 169 Å². The molecular weight excluding hydrogens is 370 g/mol. The lowest BCUT2D eigenvalue weighted by Gasteiger charge is -2.27. The van der Waals surface area contributed by atoms with Crippen molar-refractivity contribution in [1.29, 1.82) is 0 Å². The van der Waals surface area contributed by atoms with E-state index in [0.29, 0.717) is 5.69 Å². The van der Waals surface area contributed by atoms with Gasteiger partial charge in [-0.15, -0.1) is 11.3 Å². The highest BCUT2D eigenvalue weighted by atomic mass is 32.1. The first-order valence-corrected chi connectivity index (χ1v) is 10.6. The molecule has 1 aliphatic rings. The van der Waals surface area contributed by atoms with Gasteiger partial charge in [-0.25, -0.2) is 9.67 Å². The van der Waals surface area contributed by atoms with Crippen LogP contribution in [-0.2, 0) is 0 Å². The molecule has 1 N–H and O–H groups in total. The molecule has 0 unspecified atom stereocenters. The fourth-order valence-corrected chi connectivity index (χ4v) is 4.36. The minimum atomic E-state index is 0.0316. The number of nitrogens with zero attached hydrogens (tertiary/aromatic N) is 4. The van der Waals surface area contributed by atoms with E-state index in [4.69, 9.17) is 0 Å². The smallest absolute Gasteiger partial charge is 0.273 e. The molecule has 1 fully saturated rings. The van der Waals surface area contributed by atoms with Crippen LogP contribution in [0.25, 0.3) is 16.3 Å². The van der Waals surface area contributed by atoms with E-state index < -0.39 is 0 Å². The summed E-state index contributed by atoms with van der Waals surface area (Å²) in [5.41, 5.74) is 3.66. The second kappa shape index (κ2) is 8.24. The molecule has 0 spiro atoms. The average Bonchev–Trinajstić information content (AvgIpc) is 3.46. The molecule has 1 aliphatic heterocycles. The molecule has 0 radical (unpaired) electrons. The largest absolute Gasteiger partial charge is 0.333 e. The van der Waals surface area contributed by atoms with Gasteiger partial charge in [-0.1, -0.05) is 19.1 Å². The second-order valence-corrected chi connectivity index (χ2v) is 8.05. The maximum Gasteiger partial charge on any atom is 0.273 e. The number of aromatic nitrogens is 3. The molecule has 1 saturated heterocycles. The Kier molecular flexibility index (Phi) is 5.54. The summed E-state index contributed by atoms with van der Waals surface area (Å²) in [5, 5.41) is 10.5. The molecule has 1 aromatic carbocycles. The van der Waals surface area contributed by atoms with Crippen LogP contribution in [0.15, 0.2) is 42.0 Å². The third kappa shape index (κ3) is 3.86. The predicted molar refractivity (Wildman–Crippen MR) is 112 cm³/mol. The fraction of sp³-hybridized carbons (Fsp3) is 0.381. The normalized spacial score (nSPS) is 16.4. The number of nitrogens with one attached hydrogen (secondary N) is 1. The topological polar surface area (TPSA) is 63.1 Å². The van der Waals surface area contributed by atoms with E-state index in [0.717, 1.165) is 48.7 Å². The van der Waals surface area contributed by atoms with Crippen LogP contribution in [-0.4, -0.2) is 51.2 Å². The van der Waals surface area contributed by atoms with Crippen molar-refractivity contribution in [1.82, 2.24) is 25.0 Å². The third-order valence-electron chi connectivity index (χ3n) is 5.02. The van der Waals surface area contributed by atoms with Crippen LogP contribution in [0.2, 0.25) is 0 Å². The minimum absolute atomic E-state index is 0.0316. The van der Waals surface area contributed by atoms with Crippen LogP contribution in [0.4, 0.5) is 0 Å². The minimum Gasteiger partial charge on any atom is -0.333 e. The van der Waals surface area contributed by atoms with Gasteiger partial charge >= 0.3 is 0 Å². The number of carbonyl (C=O) groups excluding carboxylic acids is 1. The van der Waals surface area contributed by atoms with E-state index in [1.807, 2.05) is 33.3 Å². The zero-order chi connectivity index (χ0) is 19.5. The Morgan fingerprint density at radius 3 is 3.07 bits per heavy atom. The van der Waals surface area contributed by atoms with Crippen molar-refractivity contribution in [3.8, 4) is 16.3 Å². The molecule has 28 heavy (non-hydrogen) atoms. The van der Waals surface area contributed by atoms with Crippen molar-refractivity contribution >= 4 is 17.2 Å². The van der Waals surface area contributed by atoms with Gasteiger partial charge in [0.15, 0.2) is 0 Å². The molecule has 3 aromatic rings. The maximum absolute atomic E-state index is 13.1. The number of benzene rings is 1. The number of carbonyl (C=O) groups is 1. The van der Waals surface area contributed by atoms with Crippen LogP contribution in [0, 0.1) is 6.92 Å². The molecule has 0 aliphatic carbocycles. The van der Waals surface area contributed by atoms with Crippen molar-refractivity contribution in [2.24, 2.45) is 0 Å². The molecule has 2 aromatic heterocycles. The number of amides is 1. The Balaban J connectivity index is 1.55. The van der Waals surface area contributed by atoms with E-state index in [2.05, 4.69) is 41.4 Å². The van der Waals surface area contributed by atoms with Gasteiger partial charge < -0.3 is 10.2 Å². The van der Waals surface area contributed by atoms with Crippen LogP contribution in [0.1, 0.15) is 35.8 Å². The van der Waals surface area contributed by atoms with Gasteiger partial charge in [0.25, 0.3) is 5.91 Å². The van der Waals surface area contributed by atoms with E-state index >= 15 is 0 Å². The van der Waals surface area contributed by atoms with Crippen molar-refractivity contribution < 1.29 is 4.79 Å². The fourth-order valence-electron chi connectivity index (χ4n) is 3.59. The van der Waals surface area contributed by atoms with E-state index in [1.165, 1.54) is 16.9 Å². The predicted octanol–water partition coefficient (Wildman–Crippen LogP) is 3.52. The van der Waals surface area contributed by atoms with Crippen molar-refractivity contribution in [2.45, 2.75) is 32.7 Å². The van der Waals surface area contributed by atoms with Crippen molar-refractivity contribution in [3.05, 3.63) is 53.3 Å². The van der Waals surface area contributed by atoms with Crippen LogP contribution in [0.5, 0.6) is 0 Å². The molecule has 7 heteroatoms.